The summed E-state index contributed by atoms with van der Waals surface area (Å²) in [4.78, 5) is 34.0. The van der Waals surface area contributed by atoms with Crippen molar-refractivity contribution in [3.63, 3.8) is 0 Å². The van der Waals surface area contributed by atoms with E-state index in [4.69, 9.17) is 10.5 Å². The Balaban J connectivity index is 3.65. The first-order valence-corrected chi connectivity index (χ1v) is 8.24. The number of urea groups is 1. The van der Waals surface area contributed by atoms with Crippen molar-refractivity contribution in [1.29, 1.82) is 0 Å². The van der Waals surface area contributed by atoms with Gasteiger partial charge in [0.2, 0.25) is 5.91 Å². The molecule has 1 atom stereocenters. The van der Waals surface area contributed by atoms with Crippen molar-refractivity contribution in [2.45, 2.75) is 39.2 Å². The third-order valence-electron chi connectivity index (χ3n) is 2.46. The van der Waals surface area contributed by atoms with Crippen LogP contribution in [0.5, 0.6) is 0 Å². The molecule has 0 aliphatic heterocycles. The van der Waals surface area contributed by atoms with E-state index < -0.39 is 18.0 Å². The molecule has 0 aliphatic rings. The Morgan fingerprint density at radius 2 is 2.00 bits per heavy atom. The van der Waals surface area contributed by atoms with Gasteiger partial charge < -0.3 is 15.8 Å². The molecule has 4 N–H and O–H groups in total. The van der Waals surface area contributed by atoms with Crippen molar-refractivity contribution in [2.75, 3.05) is 24.7 Å². The molecule has 0 spiro atoms. The molecule has 0 aliphatic carbocycles. The summed E-state index contributed by atoms with van der Waals surface area (Å²) in [5.74, 6) is -0.0988. The topological polar surface area (TPSA) is 111 Å². The van der Waals surface area contributed by atoms with Gasteiger partial charge in [-0.25, -0.2) is 4.79 Å². The number of rotatable bonds is 10. The van der Waals surface area contributed by atoms with Crippen LogP contribution in [0.15, 0.2) is 0 Å². The highest BCUT2D eigenvalue weighted by atomic mass is 32.2. The molecule has 0 saturated carbocycles. The van der Waals surface area contributed by atoms with E-state index in [-0.39, 0.29) is 11.7 Å². The summed E-state index contributed by atoms with van der Waals surface area (Å²) in [6, 6.07) is -1.14. The standard InChI is InChI=1S/C13H25N3O4S/c1-3-5-7-15-13(19)16-11(17)9-21-8-6-10(14)12(18)20-4-2/h10H,3-9,14H2,1-2H3,(H2,15,16,17,19). The lowest BCUT2D eigenvalue weighted by molar-refractivity contribution is -0.144. The molecule has 0 radical (unpaired) electrons. The van der Waals surface area contributed by atoms with Crippen LogP contribution in [0, 0.1) is 0 Å². The van der Waals surface area contributed by atoms with Crippen LogP contribution in [0.25, 0.3) is 0 Å². The summed E-state index contributed by atoms with van der Waals surface area (Å²) in [5, 5.41) is 4.83. The molecular formula is C13H25N3O4S. The Morgan fingerprint density at radius 1 is 1.29 bits per heavy atom. The second-order valence-corrected chi connectivity index (χ2v) is 5.46. The van der Waals surface area contributed by atoms with Gasteiger partial charge in [0.1, 0.15) is 6.04 Å². The lowest BCUT2D eigenvalue weighted by atomic mass is 10.2. The molecule has 8 heteroatoms. The smallest absolute Gasteiger partial charge is 0.322 e. The van der Waals surface area contributed by atoms with Crippen LogP contribution < -0.4 is 16.4 Å². The fraction of sp³-hybridized carbons (Fsp3) is 0.769. The van der Waals surface area contributed by atoms with Crippen molar-refractivity contribution in [3.05, 3.63) is 0 Å². The zero-order chi connectivity index (χ0) is 16.1. The van der Waals surface area contributed by atoms with Crippen LogP contribution in [-0.2, 0) is 14.3 Å². The van der Waals surface area contributed by atoms with Crippen molar-refractivity contribution in [1.82, 2.24) is 10.6 Å². The highest BCUT2D eigenvalue weighted by molar-refractivity contribution is 7.99. The highest BCUT2D eigenvalue weighted by Crippen LogP contribution is 2.04. The van der Waals surface area contributed by atoms with Gasteiger partial charge in [-0.2, -0.15) is 11.8 Å². The first kappa shape index (κ1) is 19.7. The number of nitrogens with one attached hydrogen (secondary N) is 2. The molecule has 0 fully saturated rings. The Kier molecular flexibility index (Phi) is 11.7. The number of hydrogen-bond donors (Lipinski definition) is 3. The number of nitrogens with two attached hydrogens (primary N) is 1. The van der Waals surface area contributed by atoms with Gasteiger partial charge in [-0.05, 0) is 25.5 Å². The van der Waals surface area contributed by atoms with Gasteiger partial charge in [0, 0.05) is 6.54 Å². The van der Waals surface area contributed by atoms with E-state index in [2.05, 4.69) is 10.6 Å². The maximum atomic E-state index is 11.5. The van der Waals surface area contributed by atoms with Gasteiger partial charge in [0.25, 0.3) is 0 Å². The molecule has 21 heavy (non-hydrogen) atoms. The Morgan fingerprint density at radius 3 is 2.62 bits per heavy atom. The van der Waals surface area contributed by atoms with E-state index in [1.807, 2.05) is 6.92 Å². The quantitative estimate of drug-likeness (QED) is 0.402. The van der Waals surface area contributed by atoms with Crippen LogP contribution >= 0.6 is 11.8 Å². The van der Waals surface area contributed by atoms with Gasteiger partial charge in [0.15, 0.2) is 0 Å². The van der Waals surface area contributed by atoms with Gasteiger partial charge in [-0.1, -0.05) is 13.3 Å². The fourth-order valence-corrected chi connectivity index (χ4v) is 2.15. The predicted octanol–water partition coefficient (Wildman–Crippen LogP) is 0.626. The lowest BCUT2D eigenvalue weighted by Gasteiger charge is -2.10. The number of carbonyl (C=O) groups excluding carboxylic acids is 3. The number of hydrogen-bond acceptors (Lipinski definition) is 6. The summed E-state index contributed by atoms with van der Waals surface area (Å²) >= 11 is 1.32. The van der Waals surface area contributed by atoms with Crippen molar-refractivity contribution in [3.8, 4) is 0 Å². The third kappa shape index (κ3) is 11.1. The van der Waals surface area contributed by atoms with Crippen LogP contribution in [0.4, 0.5) is 4.79 Å². The second-order valence-electron chi connectivity index (χ2n) is 4.36. The Labute approximate surface area is 129 Å². The molecule has 0 rings (SSSR count). The van der Waals surface area contributed by atoms with Gasteiger partial charge in [-0.15, -0.1) is 0 Å². The minimum atomic E-state index is -0.669. The van der Waals surface area contributed by atoms with Crippen LogP contribution in [-0.4, -0.2) is 48.6 Å². The monoisotopic (exact) mass is 319 g/mol. The van der Waals surface area contributed by atoms with E-state index >= 15 is 0 Å². The minimum absolute atomic E-state index is 0.150. The molecule has 1 unspecified atom stereocenters. The van der Waals surface area contributed by atoms with Crippen molar-refractivity contribution < 1.29 is 19.1 Å². The molecule has 0 bridgehead atoms. The van der Waals surface area contributed by atoms with E-state index in [0.717, 1.165) is 12.8 Å². The number of esters is 1. The lowest BCUT2D eigenvalue weighted by Crippen LogP contribution is -2.40. The predicted molar refractivity (Wildman–Crippen MR) is 83.0 cm³/mol. The molecule has 0 aromatic rings. The Bertz CT molecular complexity index is 339. The SMILES string of the molecule is CCCCNC(=O)NC(=O)CSCCC(N)C(=O)OCC. The van der Waals surface area contributed by atoms with Gasteiger partial charge >= 0.3 is 12.0 Å². The molecule has 0 heterocycles. The minimum Gasteiger partial charge on any atom is -0.465 e. The molecule has 7 nitrogen and oxygen atoms in total. The van der Waals surface area contributed by atoms with Gasteiger partial charge in [-0.3, -0.25) is 14.9 Å². The van der Waals surface area contributed by atoms with E-state index in [0.29, 0.717) is 25.3 Å². The number of imide groups is 1. The molecular weight excluding hydrogens is 294 g/mol. The highest BCUT2D eigenvalue weighted by Gasteiger charge is 2.14. The van der Waals surface area contributed by atoms with Crippen molar-refractivity contribution in [2.24, 2.45) is 5.73 Å². The third-order valence-corrected chi connectivity index (χ3v) is 3.46. The average Bonchev–Trinajstić information content (AvgIpc) is 2.43. The second kappa shape index (κ2) is 12.5. The normalized spacial score (nSPS) is 11.6. The summed E-state index contributed by atoms with van der Waals surface area (Å²) in [5.41, 5.74) is 5.62. The molecule has 3 amide bonds. The summed E-state index contributed by atoms with van der Waals surface area (Å²) in [6.45, 7) is 4.59. The summed E-state index contributed by atoms with van der Waals surface area (Å²) < 4.78 is 4.78. The zero-order valence-corrected chi connectivity index (χ0v) is 13.5. The average molecular weight is 319 g/mol. The van der Waals surface area contributed by atoms with Gasteiger partial charge in [0.05, 0.1) is 12.4 Å². The van der Waals surface area contributed by atoms with E-state index in [9.17, 15) is 14.4 Å². The largest absolute Gasteiger partial charge is 0.465 e. The zero-order valence-electron chi connectivity index (χ0n) is 12.6. The van der Waals surface area contributed by atoms with Crippen LogP contribution in [0.3, 0.4) is 0 Å². The van der Waals surface area contributed by atoms with Crippen LogP contribution in [0.2, 0.25) is 0 Å². The molecule has 0 aromatic heterocycles. The Hall–Kier alpha value is -1.28. The molecule has 0 aromatic carbocycles. The number of thioether (sulfide) groups is 1. The number of carbonyl (C=O) groups is 3. The van der Waals surface area contributed by atoms with Crippen molar-refractivity contribution >= 4 is 29.7 Å². The summed E-state index contributed by atoms with van der Waals surface area (Å²) in [7, 11) is 0. The first-order valence-electron chi connectivity index (χ1n) is 7.08. The maximum Gasteiger partial charge on any atom is 0.322 e. The van der Waals surface area contributed by atoms with Crippen LogP contribution in [0.1, 0.15) is 33.1 Å². The summed E-state index contributed by atoms with van der Waals surface area (Å²) in [6.07, 6.45) is 2.28. The maximum absolute atomic E-state index is 11.5. The first-order chi connectivity index (χ1) is 10.0. The molecule has 122 valence electrons. The fourth-order valence-electron chi connectivity index (χ4n) is 1.33. The number of unbranched alkanes of at least 4 members (excludes halogenated alkanes) is 1. The molecule has 0 saturated heterocycles. The van der Waals surface area contributed by atoms with E-state index in [1.165, 1.54) is 11.8 Å². The van der Waals surface area contributed by atoms with E-state index in [1.54, 1.807) is 6.92 Å². The number of amides is 3. The number of ether oxygens (including phenoxy) is 1.